The normalized spacial score (nSPS) is 15.7. The molecule has 27 heavy (non-hydrogen) atoms. The molecule has 1 aliphatic rings. The summed E-state index contributed by atoms with van der Waals surface area (Å²) < 4.78 is 32.3. The van der Waals surface area contributed by atoms with Crippen LogP contribution < -0.4 is 5.32 Å². The Hall–Kier alpha value is -1.90. The smallest absolute Gasteiger partial charge is 0.244 e. The predicted molar refractivity (Wildman–Crippen MR) is 102 cm³/mol. The van der Waals surface area contributed by atoms with Crippen LogP contribution in [0.5, 0.6) is 0 Å². The number of carbonyl (C=O) groups is 1. The van der Waals surface area contributed by atoms with Crippen molar-refractivity contribution in [1.29, 1.82) is 0 Å². The highest BCUT2D eigenvalue weighted by Gasteiger charge is 2.28. The van der Waals surface area contributed by atoms with Crippen molar-refractivity contribution in [1.82, 2.24) is 9.46 Å². The number of nitrogens with one attached hydrogen (secondary N) is 1. The van der Waals surface area contributed by atoms with Gasteiger partial charge in [0, 0.05) is 24.3 Å². The molecule has 0 spiro atoms. The van der Waals surface area contributed by atoms with E-state index in [1.54, 1.807) is 19.9 Å². The van der Waals surface area contributed by atoms with E-state index < -0.39 is 10.0 Å². The molecule has 1 fully saturated rings. The van der Waals surface area contributed by atoms with Gasteiger partial charge in [-0.05, 0) is 44.9 Å². The van der Waals surface area contributed by atoms with Crippen LogP contribution in [0.25, 0.3) is 0 Å². The van der Waals surface area contributed by atoms with E-state index in [2.05, 4.69) is 10.5 Å². The molecule has 1 aromatic carbocycles. The first-order chi connectivity index (χ1) is 12.8. The number of anilines is 1. The van der Waals surface area contributed by atoms with Gasteiger partial charge in [-0.15, -0.1) is 0 Å². The SMILES string of the molecule is Cc1noc(C)c1CC(=O)Nc1ccc(Cl)c(S(=O)(=O)N2CCCCC2)c1. The fourth-order valence-corrected chi connectivity index (χ4v) is 5.16. The van der Waals surface area contributed by atoms with Crippen LogP contribution in [-0.2, 0) is 21.2 Å². The van der Waals surface area contributed by atoms with Gasteiger partial charge in [-0.3, -0.25) is 4.79 Å². The topological polar surface area (TPSA) is 92.5 Å². The number of aromatic nitrogens is 1. The molecule has 1 aliphatic heterocycles. The first-order valence-corrected chi connectivity index (χ1v) is 10.6. The van der Waals surface area contributed by atoms with E-state index in [1.807, 2.05) is 0 Å². The van der Waals surface area contributed by atoms with Gasteiger partial charge in [0.1, 0.15) is 10.7 Å². The van der Waals surface area contributed by atoms with E-state index in [9.17, 15) is 13.2 Å². The minimum absolute atomic E-state index is 0.0150. The maximum atomic E-state index is 12.9. The average molecular weight is 412 g/mol. The van der Waals surface area contributed by atoms with Gasteiger partial charge in [-0.2, -0.15) is 4.31 Å². The van der Waals surface area contributed by atoms with Gasteiger partial charge in [0.15, 0.2) is 0 Å². The first-order valence-electron chi connectivity index (χ1n) is 8.80. The lowest BCUT2D eigenvalue weighted by atomic mass is 10.1. The largest absolute Gasteiger partial charge is 0.361 e. The monoisotopic (exact) mass is 411 g/mol. The molecule has 0 aliphatic carbocycles. The summed E-state index contributed by atoms with van der Waals surface area (Å²) in [6, 6.07) is 4.49. The Morgan fingerprint density at radius 2 is 1.96 bits per heavy atom. The van der Waals surface area contributed by atoms with Crippen LogP contribution in [0.15, 0.2) is 27.6 Å². The zero-order chi connectivity index (χ0) is 19.6. The number of rotatable bonds is 5. The molecule has 0 saturated carbocycles. The number of nitrogens with zero attached hydrogens (tertiary/aromatic N) is 2. The lowest BCUT2D eigenvalue weighted by molar-refractivity contribution is -0.115. The number of piperidine rings is 1. The molecule has 2 heterocycles. The average Bonchev–Trinajstić information content (AvgIpc) is 2.96. The van der Waals surface area contributed by atoms with Crippen molar-refractivity contribution in [2.24, 2.45) is 0 Å². The second-order valence-electron chi connectivity index (χ2n) is 6.64. The summed E-state index contributed by atoms with van der Waals surface area (Å²) in [7, 11) is -3.69. The first kappa shape index (κ1) is 19.9. The molecule has 7 nitrogen and oxygen atoms in total. The molecule has 1 N–H and O–H groups in total. The zero-order valence-electron chi connectivity index (χ0n) is 15.3. The molecule has 0 bridgehead atoms. The summed E-state index contributed by atoms with van der Waals surface area (Å²) in [5.41, 5.74) is 1.77. The zero-order valence-corrected chi connectivity index (χ0v) is 16.9. The molecule has 1 aromatic heterocycles. The number of hydrogen-bond acceptors (Lipinski definition) is 5. The predicted octanol–water partition coefficient (Wildman–Crippen LogP) is 3.30. The van der Waals surface area contributed by atoms with Crippen LogP contribution in [0, 0.1) is 13.8 Å². The Morgan fingerprint density at radius 3 is 2.59 bits per heavy atom. The molecule has 0 atom stereocenters. The second-order valence-corrected chi connectivity index (χ2v) is 8.95. The van der Waals surface area contributed by atoms with Crippen molar-refractivity contribution in [2.75, 3.05) is 18.4 Å². The van der Waals surface area contributed by atoms with E-state index in [0.29, 0.717) is 30.2 Å². The maximum Gasteiger partial charge on any atom is 0.244 e. The van der Waals surface area contributed by atoms with Crippen molar-refractivity contribution in [2.45, 2.75) is 44.4 Å². The highest BCUT2D eigenvalue weighted by atomic mass is 35.5. The molecule has 146 valence electrons. The van der Waals surface area contributed by atoms with Crippen molar-refractivity contribution in [3.05, 3.63) is 40.2 Å². The van der Waals surface area contributed by atoms with Crippen molar-refractivity contribution in [3.8, 4) is 0 Å². The maximum absolute atomic E-state index is 12.9. The highest BCUT2D eigenvalue weighted by Crippen LogP contribution is 2.29. The molecule has 0 radical (unpaired) electrons. The summed E-state index contributed by atoms with van der Waals surface area (Å²) in [5, 5.41) is 6.70. The summed E-state index contributed by atoms with van der Waals surface area (Å²) in [5.74, 6) is 0.306. The van der Waals surface area contributed by atoms with Gasteiger partial charge in [-0.1, -0.05) is 23.2 Å². The summed E-state index contributed by atoms with van der Waals surface area (Å²) in [6.07, 6.45) is 2.80. The molecule has 2 aromatic rings. The van der Waals surface area contributed by atoms with E-state index in [-0.39, 0.29) is 22.2 Å². The van der Waals surface area contributed by atoms with Gasteiger partial charge in [0.2, 0.25) is 15.9 Å². The number of carbonyl (C=O) groups excluding carboxylic acids is 1. The third-order valence-electron chi connectivity index (χ3n) is 4.67. The molecule has 9 heteroatoms. The van der Waals surface area contributed by atoms with Crippen molar-refractivity contribution >= 4 is 33.2 Å². The van der Waals surface area contributed by atoms with Gasteiger partial charge >= 0.3 is 0 Å². The van der Waals surface area contributed by atoms with Crippen LogP contribution in [-0.4, -0.2) is 36.9 Å². The third kappa shape index (κ3) is 4.34. The van der Waals surface area contributed by atoms with Crippen LogP contribution in [0.1, 0.15) is 36.3 Å². The van der Waals surface area contributed by atoms with E-state index >= 15 is 0 Å². The Bertz CT molecular complexity index is 930. The van der Waals surface area contributed by atoms with Crippen LogP contribution in [0.3, 0.4) is 0 Å². The van der Waals surface area contributed by atoms with Gasteiger partial charge in [0.05, 0.1) is 17.1 Å². The fraction of sp³-hybridized carbons (Fsp3) is 0.444. The fourth-order valence-electron chi connectivity index (χ4n) is 3.14. The molecule has 0 unspecified atom stereocenters. The number of sulfonamides is 1. The summed E-state index contributed by atoms with van der Waals surface area (Å²) in [6.45, 7) is 4.49. The Labute approximate surface area is 163 Å². The lowest BCUT2D eigenvalue weighted by Gasteiger charge is -2.26. The Balaban J connectivity index is 1.80. The van der Waals surface area contributed by atoms with E-state index in [0.717, 1.165) is 24.8 Å². The summed E-state index contributed by atoms with van der Waals surface area (Å²) in [4.78, 5) is 12.4. The van der Waals surface area contributed by atoms with Crippen LogP contribution in [0.2, 0.25) is 5.02 Å². The standard InChI is InChI=1S/C18H22ClN3O4S/c1-12-15(13(2)26-21-12)11-18(23)20-14-6-7-16(19)17(10-14)27(24,25)22-8-4-3-5-9-22/h6-7,10H,3-5,8-9,11H2,1-2H3,(H,20,23). The molecular formula is C18H22ClN3O4S. The van der Waals surface area contributed by atoms with E-state index in [1.165, 1.54) is 16.4 Å². The molecular weight excluding hydrogens is 390 g/mol. The minimum atomic E-state index is -3.69. The Morgan fingerprint density at radius 1 is 1.26 bits per heavy atom. The van der Waals surface area contributed by atoms with Crippen LogP contribution >= 0.6 is 11.6 Å². The van der Waals surface area contributed by atoms with Crippen molar-refractivity contribution < 1.29 is 17.7 Å². The molecule has 1 saturated heterocycles. The lowest BCUT2D eigenvalue weighted by Crippen LogP contribution is -2.35. The summed E-state index contributed by atoms with van der Waals surface area (Å²) >= 11 is 6.15. The van der Waals surface area contributed by atoms with Gasteiger partial charge in [0.25, 0.3) is 0 Å². The third-order valence-corrected chi connectivity index (χ3v) is 7.05. The number of aryl methyl sites for hydroxylation is 2. The van der Waals surface area contributed by atoms with Gasteiger partial charge in [-0.25, -0.2) is 8.42 Å². The number of amides is 1. The number of hydrogen-bond donors (Lipinski definition) is 1. The van der Waals surface area contributed by atoms with Crippen LogP contribution in [0.4, 0.5) is 5.69 Å². The van der Waals surface area contributed by atoms with Gasteiger partial charge < -0.3 is 9.84 Å². The minimum Gasteiger partial charge on any atom is -0.361 e. The number of halogens is 1. The molecule has 3 rings (SSSR count). The van der Waals surface area contributed by atoms with Crippen molar-refractivity contribution in [3.63, 3.8) is 0 Å². The second kappa shape index (κ2) is 8.00. The molecule has 1 amide bonds. The Kier molecular flexibility index (Phi) is 5.88. The van der Waals surface area contributed by atoms with E-state index in [4.69, 9.17) is 16.1 Å². The quantitative estimate of drug-likeness (QED) is 0.814. The number of benzene rings is 1. The highest BCUT2D eigenvalue weighted by molar-refractivity contribution is 7.89.